The second-order valence-corrected chi connectivity index (χ2v) is 4.05. The Morgan fingerprint density at radius 1 is 1.28 bits per heavy atom. The Kier molecular flexibility index (Phi) is 6.22. The van der Waals surface area contributed by atoms with E-state index in [0.717, 1.165) is 24.4 Å². The number of nitrogens with zero attached hydrogens (tertiary/aromatic N) is 1. The van der Waals surface area contributed by atoms with Crippen LogP contribution in [0.25, 0.3) is 0 Å². The van der Waals surface area contributed by atoms with E-state index in [1.807, 2.05) is 24.3 Å². The van der Waals surface area contributed by atoms with E-state index in [1.165, 1.54) is 0 Å². The number of rotatable bonds is 7. The Labute approximate surface area is 109 Å². The first-order valence-electron chi connectivity index (χ1n) is 6.32. The monoisotopic (exact) mass is 250 g/mol. The molecule has 0 aliphatic heterocycles. The second-order valence-electron chi connectivity index (χ2n) is 4.05. The molecule has 18 heavy (non-hydrogen) atoms. The average Bonchev–Trinajstić information content (AvgIpc) is 2.42. The first-order chi connectivity index (χ1) is 8.71. The summed E-state index contributed by atoms with van der Waals surface area (Å²) in [7, 11) is 1.64. The Hall–Kier alpha value is -1.55. The highest BCUT2D eigenvalue weighted by Gasteiger charge is 2.08. The van der Waals surface area contributed by atoms with Gasteiger partial charge in [0, 0.05) is 12.1 Å². The van der Waals surface area contributed by atoms with E-state index < -0.39 is 0 Å². The van der Waals surface area contributed by atoms with Crippen LogP contribution < -0.4 is 10.1 Å². The van der Waals surface area contributed by atoms with Gasteiger partial charge in [0.25, 0.3) is 0 Å². The van der Waals surface area contributed by atoms with Gasteiger partial charge in [0.1, 0.15) is 5.75 Å². The number of carbonyl (C=O) groups excluding carboxylic acids is 1. The molecule has 0 aliphatic rings. The summed E-state index contributed by atoms with van der Waals surface area (Å²) >= 11 is 0. The zero-order valence-electron chi connectivity index (χ0n) is 11.4. The molecule has 1 aromatic carbocycles. The molecule has 1 amide bonds. The van der Waals surface area contributed by atoms with Crippen molar-refractivity contribution in [3.63, 3.8) is 0 Å². The maximum atomic E-state index is 11.8. The summed E-state index contributed by atoms with van der Waals surface area (Å²) in [6.07, 6.45) is 0. The third-order valence-electron chi connectivity index (χ3n) is 2.93. The molecule has 0 unspecified atom stereocenters. The fraction of sp³-hybridized carbons (Fsp3) is 0.500. The molecule has 0 bridgehead atoms. The molecule has 4 heteroatoms. The van der Waals surface area contributed by atoms with E-state index >= 15 is 0 Å². The van der Waals surface area contributed by atoms with Crippen molar-refractivity contribution in [2.75, 3.05) is 26.7 Å². The molecular formula is C14H22N2O2. The van der Waals surface area contributed by atoms with Crippen LogP contribution in [-0.4, -0.2) is 37.6 Å². The van der Waals surface area contributed by atoms with Gasteiger partial charge in [0.15, 0.2) is 0 Å². The van der Waals surface area contributed by atoms with Crippen molar-refractivity contribution < 1.29 is 9.53 Å². The van der Waals surface area contributed by atoms with Gasteiger partial charge in [0.05, 0.1) is 13.7 Å². The first-order valence-corrected chi connectivity index (χ1v) is 6.32. The van der Waals surface area contributed by atoms with Crippen LogP contribution in [0.3, 0.4) is 0 Å². The molecular weight excluding hydrogens is 228 g/mol. The number of benzene rings is 1. The summed E-state index contributed by atoms with van der Waals surface area (Å²) in [5.41, 5.74) is 0.993. The Morgan fingerprint density at radius 3 is 2.56 bits per heavy atom. The van der Waals surface area contributed by atoms with Crippen molar-refractivity contribution >= 4 is 5.91 Å². The van der Waals surface area contributed by atoms with Gasteiger partial charge in [-0.3, -0.25) is 9.69 Å². The van der Waals surface area contributed by atoms with Crippen molar-refractivity contribution in [1.82, 2.24) is 10.2 Å². The number of para-hydroxylation sites is 1. The Morgan fingerprint density at radius 2 is 1.94 bits per heavy atom. The molecule has 1 aromatic rings. The minimum atomic E-state index is 0.0459. The molecule has 0 spiro atoms. The van der Waals surface area contributed by atoms with Gasteiger partial charge in [-0.25, -0.2) is 0 Å². The molecule has 0 aliphatic carbocycles. The van der Waals surface area contributed by atoms with Gasteiger partial charge in [0.2, 0.25) is 5.91 Å². The van der Waals surface area contributed by atoms with Gasteiger partial charge >= 0.3 is 0 Å². The lowest BCUT2D eigenvalue weighted by Gasteiger charge is -2.17. The largest absolute Gasteiger partial charge is 0.496 e. The Bertz CT molecular complexity index is 376. The molecule has 4 nitrogen and oxygen atoms in total. The molecule has 1 N–H and O–H groups in total. The van der Waals surface area contributed by atoms with Crippen LogP contribution in [0.15, 0.2) is 24.3 Å². The number of hydrogen-bond acceptors (Lipinski definition) is 3. The predicted octanol–water partition coefficient (Wildman–Crippen LogP) is 1.65. The standard InChI is InChI=1S/C14H22N2O2/c1-4-16(5-2)11-14(17)15-10-12-8-6-7-9-13(12)18-3/h6-9H,4-5,10-11H2,1-3H3,(H,15,17). The van der Waals surface area contributed by atoms with Crippen molar-refractivity contribution in [2.45, 2.75) is 20.4 Å². The van der Waals surface area contributed by atoms with E-state index in [2.05, 4.69) is 24.1 Å². The molecule has 0 radical (unpaired) electrons. The summed E-state index contributed by atoms with van der Waals surface area (Å²) in [5, 5.41) is 2.91. The summed E-state index contributed by atoms with van der Waals surface area (Å²) in [6.45, 7) is 6.83. The van der Waals surface area contributed by atoms with Crippen LogP contribution >= 0.6 is 0 Å². The number of hydrogen-bond donors (Lipinski definition) is 1. The fourth-order valence-electron chi connectivity index (χ4n) is 1.75. The molecule has 1 rings (SSSR count). The first kappa shape index (κ1) is 14.5. The summed E-state index contributed by atoms with van der Waals surface area (Å²) < 4.78 is 5.24. The summed E-state index contributed by atoms with van der Waals surface area (Å²) in [5.74, 6) is 0.852. The van der Waals surface area contributed by atoms with E-state index in [0.29, 0.717) is 13.1 Å². The third kappa shape index (κ3) is 4.37. The van der Waals surface area contributed by atoms with Crippen LogP contribution in [0, 0.1) is 0 Å². The fourth-order valence-corrected chi connectivity index (χ4v) is 1.75. The van der Waals surface area contributed by atoms with Crippen molar-refractivity contribution in [3.05, 3.63) is 29.8 Å². The highest BCUT2D eigenvalue weighted by atomic mass is 16.5. The number of methoxy groups -OCH3 is 1. The molecule has 0 saturated heterocycles. The van der Waals surface area contributed by atoms with Crippen LogP contribution in [0.4, 0.5) is 0 Å². The molecule has 0 heterocycles. The van der Waals surface area contributed by atoms with Crippen molar-refractivity contribution in [1.29, 1.82) is 0 Å². The van der Waals surface area contributed by atoms with Crippen LogP contribution in [0.2, 0.25) is 0 Å². The molecule has 0 atom stereocenters. The van der Waals surface area contributed by atoms with Gasteiger partial charge in [-0.05, 0) is 19.2 Å². The normalized spacial score (nSPS) is 10.4. The molecule has 0 aromatic heterocycles. The number of ether oxygens (including phenoxy) is 1. The highest BCUT2D eigenvalue weighted by Crippen LogP contribution is 2.16. The van der Waals surface area contributed by atoms with E-state index in [1.54, 1.807) is 7.11 Å². The van der Waals surface area contributed by atoms with Crippen LogP contribution in [-0.2, 0) is 11.3 Å². The van der Waals surface area contributed by atoms with Crippen LogP contribution in [0.1, 0.15) is 19.4 Å². The molecule has 0 saturated carbocycles. The maximum Gasteiger partial charge on any atom is 0.234 e. The smallest absolute Gasteiger partial charge is 0.234 e. The van der Waals surface area contributed by atoms with Crippen LogP contribution in [0.5, 0.6) is 5.75 Å². The maximum absolute atomic E-state index is 11.8. The summed E-state index contributed by atoms with van der Waals surface area (Å²) in [4.78, 5) is 13.8. The number of carbonyl (C=O) groups is 1. The Balaban J connectivity index is 2.47. The quantitative estimate of drug-likeness (QED) is 0.800. The average molecular weight is 250 g/mol. The summed E-state index contributed by atoms with van der Waals surface area (Å²) in [6, 6.07) is 7.71. The zero-order chi connectivity index (χ0) is 13.4. The number of likely N-dealkylation sites (N-methyl/N-ethyl adjacent to an activating group) is 1. The second kappa shape index (κ2) is 7.71. The number of amides is 1. The van der Waals surface area contributed by atoms with Gasteiger partial charge < -0.3 is 10.1 Å². The zero-order valence-corrected chi connectivity index (χ0v) is 11.4. The minimum absolute atomic E-state index is 0.0459. The van der Waals surface area contributed by atoms with Gasteiger partial charge in [-0.15, -0.1) is 0 Å². The number of nitrogens with one attached hydrogen (secondary N) is 1. The van der Waals surface area contributed by atoms with Gasteiger partial charge in [-0.2, -0.15) is 0 Å². The molecule has 0 fully saturated rings. The highest BCUT2D eigenvalue weighted by molar-refractivity contribution is 5.78. The van der Waals surface area contributed by atoms with E-state index in [-0.39, 0.29) is 5.91 Å². The van der Waals surface area contributed by atoms with E-state index in [9.17, 15) is 4.79 Å². The predicted molar refractivity (Wildman–Crippen MR) is 72.6 cm³/mol. The van der Waals surface area contributed by atoms with Gasteiger partial charge in [-0.1, -0.05) is 32.0 Å². The lowest BCUT2D eigenvalue weighted by atomic mass is 10.2. The minimum Gasteiger partial charge on any atom is -0.496 e. The molecule has 100 valence electrons. The lowest BCUT2D eigenvalue weighted by molar-refractivity contribution is -0.122. The third-order valence-corrected chi connectivity index (χ3v) is 2.93. The van der Waals surface area contributed by atoms with E-state index in [4.69, 9.17) is 4.74 Å². The van der Waals surface area contributed by atoms with Crippen molar-refractivity contribution in [2.24, 2.45) is 0 Å². The van der Waals surface area contributed by atoms with Crippen molar-refractivity contribution in [3.8, 4) is 5.75 Å². The topological polar surface area (TPSA) is 41.6 Å². The SMILES string of the molecule is CCN(CC)CC(=O)NCc1ccccc1OC. The lowest BCUT2D eigenvalue weighted by Crippen LogP contribution is -2.36.